The minimum atomic E-state index is -3.94. The van der Waals surface area contributed by atoms with Crippen LogP contribution in [0.3, 0.4) is 0 Å². The van der Waals surface area contributed by atoms with Crippen molar-refractivity contribution in [1.29, 1.82) is 0 Å². The van der Waals surface area contributed by atoms with Crippen molar-refractivity contribution < 1.29 is 26.3 Å². The van der Waals surface area contributed by atoms with E-state index >= 15 is 0 Å². The van der Waals surface area contributed by atoms with Gasteiger partial charge >= 0.3 is 0 Å². The average Bonchev–Trinajstić information content (AvgIpc) is 3.48. The summed E-state index contributed by atoms with van der Waals surface area (Å²) in [5.41, 5.74) is -0.307. The van der Waals surface area contributed by atoms with Gasteiger partial charge in [0.2, 0.25) is 10.0 Å². The van der Waals surface area contributed by atoms with Gasteiger partial charge in [-0.2, -0.15) is 0 Å². The van der Waals surface area contributed by atoms with Gasteiger partial charge in [0.15, 0.2) is 11.6 Å². The molecule has 3 rings (SSSR count). The number of methoxy groups -OCH3 is 1. The molecule has 2 aromatic rings. The van der Waals surface area contributed by atoms with Crippen LogP contribution in [-0.2, 0) is 16.4 Å². The highest BCUT2D eigenvalue weighted by Crippen LogP contribution is 2.50. The summed E-state index contributed by atoms with van der Waals surface area (Å²) in [6.45, 7) is 3.62. The number of anilines is 1. The van der Waals surface area contributed by atoms with E-state index in [1.54, 1.807) is 6.07 Å². The van der Waals surface area contributed by atoms with E-state index in [0.29, 0.717) is 16.4 Å². The zero-order valence-corrected chi connectivity index (χ0v) is 19.5. The Morgan fingerprint density at radius 2 is 1.90 bits per heavy atom. The molecular weight excluding hydrogens is 530 g/mol. The van der Waals surface area contributed by atoms with Gasteiger partial charge in [-0.05, 0) is 59.5 Å². The number of rotatable bonds is 8. The van der Waals surface area contributed by atoms with Crippen LogP contribution in [0.5, 0.6) is 5.75 Å². The molecule has 0 bridgehead atoms. The van der Waals surface area contributed by atoms with Crippen LogP contribution in [0.15, 0.2) is 36.9 Å². The van der Waals surface area contributed by atoms with Crippen molar-refractivity contribution in [3.8, 4) is 5.75 Å². The lowest BCUT2D eigenvalue weighted by molar-refractivity contribution is 0.406. The summed E-state index contributed by atoms with van der Waals surface area (Å²) in [7, 11) is -1.42. The van der Waals surface area contributed by atoms with Crippen molar-refractivity contribution in [3.05, 3.63) is 69.1 Å². The second-order valence-electron chi connectivity index (χ2n) is 7.26. The Morgan fingerprint density at radius 3 is 2.43 bits per heavy atom. The van der Waals surface area contributed by atoms with E-state index < -0.39 is 32.2 Å². The van der Waals surface area contributed by atoms with Crippen LogP contribution in [-0.4, -0.2) is 27.3 Å². The van der Waals surface area contributed by atoms with E-state index in [0.717, 1.165) is 10.4 Å². The minimum Gasteiger partial charge on any atom is -0.494 e. The summed E-state index contributed by atoms with van der Waals surface area (Å²) >= 11 is 1.94. The molecule has 9 heteroatoms. The van der Waals surface area contributed by atoms with Gasteiger partial charge in [0.1, 0.15) is 11.6 Å². The molecule has 0 spiro atoms. The molecule has 0 atom stereocenters. The van der Waals surface area contributed by atoms with Crippen molar-refractivity contribution in [2.75, 3.05) is 18.5 Å². The van der Waals surface area contributed by atoms with Crippen LogP contribution < -0.4 is 9.04 Å². The fourth-order valence-electron chi connectivity index (χ4n) is 3.54. The SMILES string of the molecule is C=CCC1(S(=O)(=O)N(C)c2c(OC)cc(F)c(F)c2Cc2ccc(I)cc2F)CC1. The largest absolute Gasteiger partial charge is 0.494 e. The van der Waals surface area contributed by atoms with Crippen LogP contribution >= 0.6 is 22.6 Å². The predicted molar refractivity (Wildman–Crippen MR) is 119 cm³/mol. The summed E-state index contributed by atoms with van der Waals surface area (Å²) in [4.78, 5) is 0. The maximum atomic E-state index is 14.9. The highest BCUT2D eigenvalue weighted by molar-refractivity contribution is 14.1. The van der Waals surface area contributed by atoms with Crippen molar-refractivity contribution in [2.24, 2.45) is 0 Å². The van der Waals surface area contributed by atoms with Gasteiger partial charge in [0, 0.05) is 28.7 Å². The quantitative estimate of drug-likeness (QED) is 0.336. The molecule has 30 heavy (non-hydrogen) atoms. The van der Waals surface area contributed by atoms with Crippen molar-refractivity contribution in [3.63, 3.8) is 0 Å². The first-order chi connectivity index (χ1) is 14.1. The van der Waals surface area contributed by atoms with Crippen molar-refractivity contribution in [2.45, 2.75) is 30.4 Å². The molecule has 0 aromatic heterocycles. The fraction of sp³-hybridized carbons (Fsp3) is 0.333. The zero-order valence-electron chi connectivity index (χ0n) is 16.5. The number of halogens is 4. The summed E-state index contributed by atoms with van der Waals surface area (Å²) in [6.07, 6.45) is 2.32. The molecule has 162 valence electrons. The monoisotopic (exact) mass is 551 g/mol. The first-order valence-electron chi connectivity index (χ1n) is 9.16. The van der Waals surface area contributed by atoms with E-state index in [1.165, 1.54) is 32.4 Å². The van der Waals surface area contributed by atoms with E-state index in [1.807, 2.05) is 22.6 Å². The molecule has 1 fully saturated rings. The lowest BCUT2D eigenvalue weighted by atomic mass is 10.0. The number of sulfonamides is 1. The standard InChI is InChI=1S/C21H21F3INO3S/c1-4-7-21(8-9-21)30(27,28)26(2)20-15(19(24)17(23)12-18(20)29-3)10-13-5-6-14(25)11-16(13)22/h4-6,11-12H,1,7-10H2,2-3H3. The Bertz CT molecular complexity index is 1100. The number of benzene rings is 2. The highest BCUT2D eigenvalue weighted by Gasteiger charge is 2.55. The Kier molecular flexibility index (Phi) is 6.43. The number of hydrogen-bond donors (Lipinski definition) is 0. The summed E-state index contributed by atoms with van der Waals surface area (Å²) < 4.78 is 76.0. The van der Waals surface area contributed by atoms with Gasteiger partial charge in [-0.25, -0.2) is 21.6 Å². The molecule has 2 aromatic carbocycles. The van der Waals surface area contributed by atoms with Gasteiger partial charge < -0.3 is 4.74 Å². The van der Waals surface area contributed by atoms with Crippen LogP contribution in [0, 0.1) is 21.0 Å². The molecule has 1 aliphatic carbocycles. The van der Waals surface area contributed by atoms with E-state index in [9.17, 15) is 21.6 Å². The number of ether oxygens (including phenoxy) is 1. The predicted octanol–water partition coefficient (Wildman–Crippen LogP) is 5.18. The van der Waals surface area contributed by atoms with Crippen LogP contribution in [0.25, 0.3) is 0 Å². The van der Waals surface area contributed by atoms with Gasteiger partial charge in [0.25, 0.3) is 0 Å². The third-order valence-electron chi connectivity index (χ3n) is 5.40. The molecule has 1 saturated carbocycles. The van der Waals surface area contributed by atoms with E-state index in [2.05, 4.69) is 6.58 Å². The molecule has 0 radical (unpaired) electrons. The van der Waals surface area contributed by atoms with Gasteiger partial charge in [-0.1, -0.05) is 12.1 Å². The van der Waals surface area contributed by atoms with Crippen LogP contribution in [0.4, 0.5) is 18.9 Å². The Balaban J connectivity index is 2.18. The topological polar surface area (TPSA) is 46.6 Å². The number of allylic oxidation sites excluding steroid dienone is 1. The molecular formula is C21H21F3INO3S. The second kappa shape index (κ2) is 8.41. The van der Waals surface area contributed by atoms with E-state index in [4.69, 9.17) is 4.74 Å². The Hall–Kier alpha value is -1.75. The van der Waals surface area contributed by atoms with Gasteiger partial charge in [-0.3, -0.25) is 4.31 Å². The maximum Gasteiger partial charge on any atom is 0.241 e. The van der Waals surface area contributed by atoms with Crippen molar-refractivity contribution in [1.82, 2.24) is 0 Å². The Labute approximate surface area is 187 Å². The molecule has 4 nitrogen and oxygen atoms in total. The normalized spacial score (nSPS) is 15.0. The van der Waals surface area contributed by atoms with Crippen LogP contribution in [0.1, 0.15) is 30.4 Å². The first-order valence-corrected chi connectivity index (χ1v) is 11.7. The van der Waals surface area contributed by atoms with Crippen LogP contribution in [0.2, 0.25) is 0 Å². The third-order valence-corrected chi connectivity index (χ3v) is 8.64. The maximum absolute atomic E-state index is 14.9. The Morgan fingerprint density at radius 1 is 1.23 bits per heavy atom. The first kappa shape index (κ1) is 22.9. The second-order valence-corrected chi connectivity index (χ2v) is 10.9. The molecule has 0 amide bonds. The summed E-state index contributed by atoms with van der Waals surface area (Å²) in [6, 6.07) is 5.17. The third kappa shape index (κ3) is 3.93. The smallest absolute Gasteiger partial charge is 0.241 e. The number of hydrogen-bond acceptors (Lipinski definition) is 3. The summed E-state index contributed by atoms with van der Waals surface area (Å²) in [5, 5.41) is 0. The molecule has 1 aliphatic rings. The van der Waals surface area contributed by atoms with E-state index in [-0.39, 0.29) is 35.4 Å². The highest BCUT2D eigenvalue weighted by atomic mass is 127. The lowest BCUT2D eigenvalue weighted by Gasteiger charge is -2.29. The molecule has 0 saturated heterocycles. The van der Waals surface area contributed by atoms with Gasteiger partial charge in [0.05, 0.1) is 17.5 Å². The van der Waals surface area contributed by atoms with Gasteiger partial charge in [-0.15, -0.1) is 6.58 Å². The fourth-order valence-corrected chi connectivity index (χ4v) is 5.96. The number of nitrogens with zero attached hydrogens (tertiary/aromatic N) is 1. The molecule has 0 N–H and O–H groups in total. The minimum absolute atomic E-state index is 0.112. The lowest BCUT2D eigenvalue weighted by Crippen LogP contribution is -2.38. The summed E-state index contributed by atoms with van der Waals surface area (Å²) in [5.74, 6) is -3.17. The zero-order chi connectivity index (χ0) is 22.3. The molecule has 0 aliphatic heterocycles. The molecule has 0 heterocycles. The molecule has 0 unspecified atom stereocenters. The van der Waals surface area contributed by atoms with Crippen molar-refractivity contribution >= 4 is 38.3 Å². The average molecular weight is 551 g/mol.